The molecule has 1 aliphatic heterocycles. The van der Waals surface area contributed by atoms with Gasteiger partial charge in [0.15, 0.2) is 0 Å². The molecule has 0 radical (unpaired) electrons. The van der Waals surface area contributed by atoms with E-state index >= 15 is 0 Å². The van der Waals surface area contributed by atoms with Crippen molar-refractivity contribution >= 4 is 10.9 Å². The molecule has 1 aromatic heterocycles. The van der Waals surface area contributed by atoms with Gasteiger partial charge < -0.3 is 15.4 Å². The molecule has 0 amide bonds. The number of hydrogen-bond acceptors (Lipinski definition) is 2. The third-order valence-corrected chi connectivity index (χ3v) is 3.56. The normalized spacial score (nSPS) is 19.9. The van der Waals surface area contributed by atoms with Crippen LogP contribution in [-0.4, -0.2) is 16.2 Å². The molecule has 1 aliphatic rings. The number of aromatic nitrogens is 1. The SMILES string of the molecule is NCC1CCCn2c1cc1ccc(O)cc12. The molecule has 0 aliphatic carbocycles. The lowest BCUT2D eigenvalue weighted by Gasteiger charge is -2.24. The number of phenols is 1. The molecule has 1 atom stereocenters. The minimum absolute atomic E-state index is 0.336. The molecular formula is C13H16N2O. The van der Waals surface area contributed by atoms with Crippen LogP contribution >= 0.6 is 0 Å². The van der Waals surface area contributed by atoms with E-state index in [0.717, 1.165) is 12.1 Å². The van der Waals surface area contributed by atoms with Crippen molar-refractivity contribution < 1.29 is 5.11 Å². The van der Waals surface area contributed by atoms with Crippen LogP contribution < -0.4 is 5.73 Å². The van der Waals surface area contributed by atoms with E-state index in [1.165, 1.54) is 23.9 Å². The minimum atomic E-state index is 0.336. The minimum Gasteiger partial charge on any atom is -0.508 e. The summed E-state index contributed by atoms with van der Waals surface area (Å²) in [6.45, 7) is 1.75. The fourth-order valence-electron chi connectivity index (χ4n) is 2.73. The van der Waals surface area contributed by atoms with E-state index in [0.29, 0.717) is 18.2 Å². The van der Waals surface area contributed by atoms with Crippen LogP contribution in [0.15, 0.2) is 24.3 Å². The number of aryl methyl sites for hydroxylation is 1. The van der Waals surface area contributed by atoms with Crippen LogP contribution in [0.3, 0.4) is 0 Å². The fraction of sp³-hybridized carbons (Fsp3) is 0.385. The van der Waals surface area contributed by atoms with Gasteiger partial charge in [-0.3, -0.25) is 0 Å². The fourth-order valence-corrected chi connectivity index (χ4v) is 2.73. The van der Waals surface area contributed by atoms with E-state index in [1.54, 1.807) is 6.07 Å². The molecule has 3 N–H and O–H groups in total. The summed E-state index contributed by atoms with van der Waals surface area (Å²) < 4.78 is 2.30. The van der Waals surface area contributed by atoms with Crippen molar-refractivity contribution in [3.05, 3.63) is 30.0 Å². The summed E-state index contributed by atoms with van der Waals surface area (Å²) in [5, 5.41) is 10.7. The molecule has 1 unspecified atom stereocenters. The van der Waals surface area contributed by atoms with E-state index in [-0.39, 0.29) is 0 Å². The number of phenolic OH excluding ortho intramolecular Hbond substituents is 1. The zero-order chi connectivity index (χ0) is 11.1. The lowest BCUT2D eigenvalue weighted by atomic mass is 9.96. The van der Waals surface area contributed by atoms with Gasteiger partial charge in [0.25, 0.3) is 0 Å². The summed E-state index contributed by atoms with van der Waals surface area (Å²) in [6, 6.07) is 7.78. The molecular weight excluding hydrogens is 200 g/mol. The summed E-state index contributed by atoms with van der Waals surface area (Å²) in [6.07, 6.45) is 2.35. The average molecular weight is 216 g/mol. The molecule has 0 spiro atoms. The van der Waals surface area contributed by atoms with Crippen molar-refractivity contribution in [2.45, 2.75) is 25.3 Å². The maximum atomic E-state index is 9.54. The second kappa shape index (κ2) is 3.52. The maximum absolute atomic E-state index is 9.54. The smallest absolute Gasteiger partial charge is 0.117 e. The molecule has 0 saturated carbocycles. The molecule has 3 nitrogen and oxygen atoms in total. The van der Waals surface area contributed by atoms with Crippen LogP contribution in [0, 0.1) is 0 Å². The molecule has 2 aromatic rings. The predicted molar refractivity (Wildman–Crippen MR) is 64.6 cm³/mol. The van der Waals surface area contributed by atoms with Crippen LogP contribution in [0.1, 0.15) is 24.5 Å². The molecule has 3 heteroatoms. The van der Waals surface area contributed by atoms with Crippen molar-refractivity contribution in [1.82, 2.24) is 4.57 Å². The van der Waals surface area contributed by atoms with Gasteiger partial charge in [-0.05, 0) is 31.0 Å². The quantitative estimate of drug-likeness (QED) is 0.767. The molecule has 0 bridgehead atoms. The average Bonchev–Trinajstić information content (AvgIpc) is 2.67. The highest BCUT2D eigenvalue weighted by Gasteiger charge is 2.21. The van der Waals surface area contributed by atoms with E-state index in [1.807, 2.05) is 12.1 Å². The number of hydrogen-bond donors (Lipinski definition) is 2. The van der Waals surface area contributed by atoms with Crippen molar-refractivity contribution in [2.75, 3.05) is 6.54 Å². The molecule has 0 fully saturated rings. The van der Waals surface area contributed by atoms with Crippen LogP contribution in [0.25, 0.3) is 10.9 Å². The Labute approximate surface area is 94.5 Å². The third kappa shape index (κ3) is 1.32. The lowest BCUT2D eigenvalue weighted by molar-refractivity contribution is 0.464. The zero-order valence-electron chi connectivity index (χ0n) is 9.19. The van der Waals surface area contributed by atoms with Crippen LogP contribution in [0.4, 0.5) is 0 Å². The molecule has 16 heavy (non-hydrogen) atoms. The van der Waals surface area contributed by atoms with Gasteiger partial charge in [0.05, 0.1) is 5.52 Å². The van der Waals surface area contributed by atoms with E-state index < -0.39 is 0 Å². The second-order valence-electron chi connectivity index (χ2n) is 4.54. The van der Waals surface area contributed by atoms with Crippen LogP contribution in [0.5, 0.6) is 5.75 Å². The number of nitrogens with two attached hydrogens (primary N) is 1. The standard InChI is InChI=1S/C13H16N2O/c14-8-10-2-1-5-15-12(10)6-9-3-4-11(16)7-13(9)15/h3-4,6-7,10,16H,1-2,5,8,14H2. The first-order chi connectivity index (χ1) is 7.79. The van der Waals surface area contributed by atoms with Crippen molar-refractivity contribution in [3.63, 3.8) is 0 Å². The Hall–Kier alpha value is -1.48. The second-order valence-corrected chi connectivity index (χ2v) is 4.54. The lowest BCUT2D eigenvalue weighted by Crippen LogP contribution is -2.21. The molecule has 84 valence electrons. The largest absolute Gasteiger partial charge is 0.508 e. The molecule has 3 rings (SSSR count). The summed E-state index contributed by atoms with van der Waals surface area (Å²) >= 11 is 0. The third-order valence-electron chi connectivity index (χ3n) is 3.56. The molecule has 1 aromatic carbocycles. The van der Waals surface area contributed by atoms with Gasteiger partial charge >= 0.3 is 0 Å². The summed E-state index contributed by atoms with van der Waals surface area (Å²) in [5.74, 6) is 0.812. The Morgan fingerprint density at radius 3 is 3.06 bits per heavy atom. The Morgan fingerprint density at radius 2 is 2.25 bits per heavy atom. The van der Waals surface area contributed by atoms with E-state index in [2.05, 4.69) is 10.6 Å². The highest BCUT2D eigenvalue weighted by molar-refractivity contribution is 5.83. The molecule has 0 saturated heterocycles. The first-order valence-corrected chi connectivity index (χ1v) is 5.82. The summed E-state index contributed by atoms with van der Waals surface area (Å²) in [7, 11) is 0. The van der Waals surface area contributed by atoms with Crippen LogP contribution in [0.2, 0.25) is 0 Å². The van der Waals surface area contributed by atoms with Gasteiger partial charge in [-0.15, -0.1) is 0 Å². The van der Waals surface area contributed by atoms with Gasteiger partial charge in [0.1, 0.15) is 5.75 Å². The van der Waals surface area contributed by atoms with E-state index in [4.69, 9.17) is 5.73 Å². The zero-order valence-corrected chi connectivity index (χ0v) is 9.19. The number of benzene rings is 1. The monoisotopic (exact) mass is 216 g/mol. The summed E-state index contributed by atoms with van der Waals surface area (Å²) in [4.78, 5) is 0. The Kier molecular flexibility index (Phi) is 2.14. The van der Waals surface area contributed by atoms with E-state index in [9.17, 15) is 5.11 Å². The van der Waals surface area contributed by atoms with Gasteiger partial charge in [0.2, 0.25) is 0 Å². The van der Waals surface area contributed by atoms with Crippen molar-refractivity contribution in [3.8, 4) is 5.75 Å². The van der Waals surface area contributed by atoms with Gasteiger partial charge in [0, 0.05) is 36.2 Å². The highest BCUT2D eigenvalue weighted by Crippen LogP contribution is 2.33. The Morgan fingerprint density at radius 1 is 1.38 bits per heavy atom. The van der Waals surface area contributed by atoms with Gasteiger partial charge in [-0.1, -0.05) is 0 Å². The topological polar surface area (TPSA) is 51.2 Å². The number of rotatable bonds is 1. The Balaban J connectivity index is 2.24. The molecule has 2 heterocycles. The predicted octanol–water partition coefficient (Wildman–Crippen LogP) is 2.18. The number of aromatic hydroxyl groups is 1. The summed E-state index contributed by atoms with van der Waals surface area (Å²) in [5.41, 5.74) is 8.27. The Bertz CT molecular complexity index is 530. The van der Waals surface area contributed by atoms with Crippen LogP contribution in [-0.2, 0) is 6.54 Å². The van der Waals surface area contributed by atoms with Gasteiger partial charge in [-0.2, -0.15) is 0 Å². The first-order valence-electron chi connectivity index (χ1n) is 5.82. The maximum Gasteiger partial charge on any atom is 0.117 e. The van der Waals surface area contributed by atoms with Crippen molar-refractivity contribution in [2.24, 2.45) is 5.73 Å². The number of fused-ring (bicyclic) bond motifs is 3. The van der Waals surface area contributed by atoms with Crippen molar-refractivity contribution in [1.29, 1.82) is 0 Å². The van der Waals surface area contributed by atoms with Gasteiger partial charge in [-0.25, -0.2) is 0 Å². The first kappa shape index (κ1) is 9.73. The number of nitrogens with zero attached hydrogens (tertiary/aromatic N) is 1. The highest BCUT2D eigenvalue weighted by atomic mass is 16.3.